The fraction of sp³-hybridized carbons (Fsp3) is 0.385. The number of likely N-dealkylation sites (tertiary alicyclic amines) is 1. The summed E-state index contributed by atoms with van der Waals surface area (Å²) in [6.07, 6.45) is 5.77. The quantitative estimate of drug-likeness (QED) is 0.453. The number of carbonyl (C=O) groups excluding carboxylic acids is 3. The van der Waals surface area contributed by atoms with Crippen LogP contribution in [0.5, 0.6) is 0 Å². The highest BCUT2D eigenvalue weighted by Gasteiger charge is 2.34. The van der Waals surface area contributed by atoms with Gasteiger partial charge in [0.25, 0.3) is 5.91 Å². The SMILES string of the molecule is O=C(Nc1ccc(Cl)cn1)c1oc2cccc(CO)c2c1NC(=O)[C@H]1CC[C@H](N2CCCC2=O)CC1. The Bertz CT molecular complexity index is 1300. The first-order valence-electron chi connectivity index (χ1n) is 12.1. The number of amides is 3. The molecule has 1 saturated carbocycles. The van der Waals surface area contributed by atoms with E-state index in [1.165, 1.54) is 6.20 Å². The van der Waals surface area contributed by atoms with Crippen LogP contribution in [0.15, 0.2) is 40.9 Å². The maximum absolute atomic E-state index is 13.3. The minimum Gasteiger partial charge on any atom is -0.449 e. The molecule has 1 saturated heterocycles. The van der Waals surface area contributed by atoms with Crippen LogP contribution in [0, 0.1) is 5.92 Å². The van der Waals surface area contributed by atoms with Gasteiger partial charge in [-0.1, -0.05) is 23.7 Å². The first-order chi connectivity index (χ1) is 17.4. The summed E-state index contributed by atoms with van der Waals surface area (Å²) in [5, 5.41) is 16.4. The fourth-order valence-electron chi connectivity index (χ4n) is 5.18. The molecule has 0 radical (unpaired) electrons. The second-order valence-electron chi connectivity index (χ2n) is 9.26. The maximum Gasteiger partial charge on any atom is 0.294 e. The lowest BCUT2D eigenvalue weighted by atomic mass is 9.84. The lowest BCUT2D eigenvalue weighted by Crippen LogP contribution is -2.40. The molecule has 2 fully saturated rings. The third-order valence-corrected chi connectivity index (χ3v) is 7.24. The molecule has 1 aromatic carbocycles. The van der Waals surface area contributed by atoms with E-state index in [-0.39, 0.29) is 47.6 Å². The van der Waals surface area contributed by atoms with Gasteiger partial charge in [-0.2, -0.15) is 0 Å². The van der Waals surface area contributed by atoms with E-state index in [2.05, 4.69) is 15.6 Å². The van der Waals surface area contributed by atoms with Gasteiger partial charge in [-0.15, -0.1) is 0 Å². The molecule has 2 aromatic heterocycles. The summed E-state index contributed by atoms with van der Waals surface area (Å²) in [6.45, 7) is 0.515. The highest BCUT2D eigenvalue weighted by molar-refractivity contribution is 6.30. The molecule has 1 aliphatic carbocycles. The summed E-state index contributed by atoms with van der Waals surface area (Å²) in [6, 6.07) is 8.46. The van der Waals surface area contributed by atoms with Crippen LogP contribution in [0.4, 0.5) is 11.5 Å². The predicted octanol–water partition coefficient (Wildman–Crippen LogP) is 4.35. The zero-order chi connectivity index (χ0) is 25.2. The van der Waals surface area contributed by atoms with Crippen molar-refractivity contribution in [3.05, 3.63) is 52.9 Å². The first kappa shape index (κ1) is 24.3. The lowest BCUT2D eigenvalue weighted by molar-refractivity contribution is -0.130. The van der Waals surface area contributed by atoms with Crippen LogP contribution in [0.1, 0.15) is 54.6 Å². The molecule has 5 rings (SSSR count). The normalized spacial score (nSPS) is 20.1. The predicted molar refractivity (Wildman–Crippen MR) is 135 cm³/mol. The number of halogens is 1. The van der Waals surface area contributed by atoms with Crippen molar-refractivity contribution >= 4 is 51.8 Å². The van der Waals surface area contributed by atoms with E-state index in [0.717, 1.165) is 25.8 Å². The number of aromatic nitrogens is 1. The first-order valence-corrected chi connectivity index (χ1v) is 12.5. The molecule has 36 heavy (non-hydrogen) atoms. The van der Waals surface area contributed by atoms with Crippen molar-refractivity contribution in [2.75, 3.05) is 17.2 Å². The number of nitrogens with one attached hydrogen (secondary N) is 2. The summed E-state index contributed by atoms with van der Waals surface area (Å²) < 4.78 is 5.85. The number of benzene rings is 1. The molecule has 3 amide bonds. The molecule has 0 bridgehead atoms. The zero-order valence-corrected chi connectivity index (χ0v) is 20.4. The molecule has 9 nitrogen and oxygen atoms in total. The van der Waals surface area contributed by atoms with E-state index < -0.39 is 5.91 Å². The number of fused-ring (bicyclic) bond motifs is 1. The topological polar surface area (TPSA) is 125 Å². The van der Waals surface area contributed by atoms with Crippen LogP contribution in [-0.4, -0.2) is 45.3 Å². The number of pyridine rings is 1. The fourth-order valence-corrected chi connectivity index (χ4v) is 5.30. The van der Waals surface area contributed by atoms with Gasteiger partial charge >= 0.3 is 0 Å². The van der Waals surface area contributed by atoms with E-state index in [1.807, 2.05) is 4.90 Å². The van der Waals surface area contributed by atoms with Gasteiger partial charge in [-0.25, -0.2) is 4.98 Å². The van der Waals surface area contributed by atoms with Crippen LogP contribution >= 0.6 is 11.6 Å². The van der Waals surface area contributed by atoms with Crippen LogP contribution < -0.4 is 10.6 Å². The Labute approximate surface area is 212 Å². The van der Waals surface area contributed by atoms with Gasteiger partial charge in [-0.3, -0.25) is 14.4 Å². The van der Waals surface area contributed by atoms with Crippen LogP contribution in [0.3, 0.4) is 0 Å². The Morgan fingerprint density at radius 2 is 1.94 bits per heavy atom. The van der Waals surface area contributed by atoms with Crippen LogP contribution in [-0.2, 0) is 16.2 Å². The van der Waals surface area contributed by atoms with Crippen molar-refractivity contribution in [1.82, 2.24) is 9.88 Å². The molecular weight excluding hydrogens is 484 g/mol. The van der Waals surface area contributed by atoms with E-state index in [9.17, 15) is 19.5 Å². The molecule has 0 unspecified atom stereocenters. The smallest absolute Gasteiger partial charge is 0.294 e. The van der Waals surface area contributed by atoms with Crippen molar-refractivity contribution in [3.63, 3.8) is 0 Å². The minimum absolute atomic E-state index is 0.0765. The number of hydrogen-bond donors (Lipinski definition) is 3. The van der Waals surface area contributed by atoms with E-state index >= 15 is 0 Å². The second-order valence-corrected chi connectivity index (χ2v) is 9.69. The minimum atomic E-state index is -0.587. The molecule has 0 atom stereocenters. The number of nitrogens with zero attached hydrogens (tertiary/aromatic N) is 2. The average molecular weight is 511 g/mol. The Balaban J connectivity index is 1.37. The van der Waals surface area contributed by atoms with Gasteiger partial charge in [0, 0.05) is 31.1 Å². The van der Waals surface area contributed by atoms with E-state index in [4.69, 9.17) is 16.0 Å². The van der Waals surface area contributed by atoms with Crippen molar-refractivity contribution in [2.45, 2.75) is 51.2 Å². The molecule has 188 valence electrons. The molecule has 10 heteroatoms. The van der Waals surface area contributed by atoms with E-state index in [0.29, 0.717) is 40.8 Å². The number of hydrogen-bond acceptors (Lipinski definition) is 6. The van der Waals surface area contributed by atoms with Gasteiger partial charge in [0.15, 0.2) is 0 Å². The summed E-state index contributed by atoms with van der Waals surface area (Å²) in [5.41, 5.74) is 1.14. The van der Waals surface area contributed by atoms with E-state index in [1.54, 1.807) is 30.3 Å². The Morgan fingerprint density at radius 1 is 1.14 bits per heavy atom. The average Bonchev–Trinajstić information content (AvgIpc) is 3.49. The third-order valence-electron chi connectivity index (χ3n) is 7.01. The Morgan fingerprint density at radius 3 is 2.61 bits per heavy atom. The zero-order valence-electron chi connectivity index (χ0n) is 19.6. The van der Waals surface area contributed by atoms with Gasteiger partial charge < -0.3 is 25.1 Å². The summed E-state index contributed by atoms with van der Waals surface area (Å²) in [4.78, 5) is 44.6. The highest BCUT2D eigenvalue weighted by Crippen LogP contribution is 2.36. The number of furan rings is 1. The molecule has 2 aliphatic rings. The second kappa shape index (κ2) is 10.3. The molecule has 1 aliphatic heterocycles. The maximum atomic E-state index is 13.3. The number of rotatable bonds is 6. The summed E-state index contributed by atoms with van der Waals surface area (Å²) in [5.74, 6) is -0.646. The molecule has 3 aromatic rings. The number of anilines is 2. The number of carbonyl (C=O) groups is 3. The van der Waals surface area contributed by atoms with Crippen LogP contribution in [0.25, 0.3) is 11.0 Å². The number of aliphatic hydroxyl groups excluding tert-OH is 1. The Hall–Kier alpha value is -3.43. The van der Waals surface area contributed by atoms with Crippen LogP contribution in [0.2, 0.25) is 5.02 Å². The lowest BCUT2D eigenvalue weighted by Gasteiger charge is -2.34. The van der Waals surface area contributed by atoms with Crippen molar-refractivity contribution in [3.8, 4) is 0 Å². The summed E-state index contributed by atoms with van der Waals surface area (Å²) >= 11 is 5.88. The number of aliphatic hydroxyl groups is 1. The van der Waals surface area contributed by atoms with Gasteiger partial charge in [0.05, 0.1) is 17.0 Å². The molecule has 3 heterocycles. The molecular formula is C26H27ClN4O5. The van der Waals surface area contributed by atoms with Gasteiger partial charge in [0.1, 0.15) is 17.1 Å². The van der Waals surface area contributed by atoms with Gasteiger partial charge in [0.2, 0.25) is 17.6 Å². The summed E-state index contributed by atoms with van der Waals surface area (Å²) in [7, 11) is 0. The molecule has 3 N–H and O–H groups in total. The molecule has 0 spiro atoms. The standard InChI is InChI=1S/C26H27ClN4O5/c27-17-8-11-20(28-13-17)29-26(35)24-23(22-16(14-32)3-1-4-19(22)36-24)30-25(34)15-6-9-18(10-7-15)31-12-2-5-21(31)33/h1,3-4,8,11,13,15,18,32H,2,5-7,9-10,12,14H2,(H,30,34)(H,28,29,35)/t15-,18-. The van der Waals surface area contributed by atoms with Gasteiger partial charge in [-0.05, 0) is 55.9 Å². The highest BCUT2D eigenvalue weighted by atomic mass is 35.5. The Kier molecular flexibility index (Phi) is 6.93. The van der Waals surface area contributed by atoms with Crippen molar-refractivity contribution in [1.29, 1.82) is 0 Å². The van der Waals surface area contributed by atoms with Crippen molar-refractivity contribution in [2.24, 2.45) is 5.92 Å². The largest absolute Gasteiger partial charge is 0.449 e. The third kappa shape index (κ3) is 4.81. The monoisotopic (exact) mass is 510 g/mol. The van der Waals surface area contributed by atoms with Crippen molar-refractivity contribution < 1.29 is 23.9 Å².